The third-order valence-corrected chi connectivity index (χ3v) is 1.18. The summed E-state index contributed by atoms with van der Waals surface area (Å²) in [5.41, 5.74) is 0. The van der Waals surface area contributed by atoms with Crippen LogP contribution in [0.15, 0.2) is 30.6 Å². The van der Waals surface area contributed by atoms with Gasteiger partial charge in [-0.25, -0.2) is 0 Å². The Balaban J connectivity index is 0. The average Bonchev–Trinajstić information content (AvgIpc) is 1.88. The van der Waals surface area contributed by atoms with Crippen LogP contribution in [0.2, 0.25) is 0 Å². The fourth-order valence-corrected chi connectivity index (χ4v) is 0.788. The van der Waals surface area contributed by atoms with Crippen LogP contribution < -0.4 is 38.9 Å². The standard InChI is InChI=1S/C5H5NO3P.Na.H/c7-10(8)9-6-4-2-1-3-5-6;;/h1-5H;;/q2*+1;-1/p+1. The van der Waals surface area contributed by atoms with Crippen molar-refractivity contribution >= 4 is 8.25 Å². The summed E-state index contributed by atoms with van der Waals surface area (Å²) >= 11 is 0. The summed E-state index contributed by atoms with van der Waals surface area (Å²) < 4.78 is 15.6. The Morgan fingerprint density at radius 2 is 1.91 bits per heavy atom. The van der Waals surface area contributed by atoms with E-state index < -0.39 is 8.25 Å². The summed E-state index contributed by atoms with van der Waals surface area (Å²) in [4.78, 5) is 8.27. The summed E-state index contributed by atoms with van der Waals surface area (Å²) in [6.45, 7) is 0. The van der Waals surface area contributed by atoms with Crippen LogP contribution in [0.5, 0.6) is 0 Å². The monoisotopic (exact) mass is 183 g/mol. The first-order valence-corrected chi connectivity index (χ1v) is 3.73. The number of hydrogen-bond donors (Lipinski definition) is 1. The summed E-state index contributed by atoms with van der Waals surface area (Å²) in [6.07, 6.45) is 3.06. The van der Waals surface area contributed by atoms with Crippen molar-refractivity contribution in [2.24, 2.45) is 0 Å². The zero-order chi connectivity index (χ0) is 7.40. The Bertz CT molecular complexity index is 235. The van der Waals surface area contributed by atoms with Gasteiger partial charge in [-0.05, 0) is 0 Å². The van der Waals surface area contributed by atoms with Crippen LogP contribution in [0, 0.1) is 0 Å². The number of rotatable bonds is 2. The Morgan fingerprint density at radius 3 is 2.36 bits per heavy atom. The Hall–Kier alpha value is 0.01000. The van der Waals surface area contributed by atoms with Gasteiger partial charge in [0.05, 0.1) is 4.73 Å². The van der Waals surface area contributed by atoms with Gasteiger partial charge in [0, 0.05) is 21.3 Å². The van der Waals surface area contributed by atoms with E-state index in [-0.39, 0.29) is 31.0 Å². The molecule has 1 heterocycles. The van der Waals surface area contributed by atoms with Crippen LogP contribution in [-0.4, -0.2) is 4.89 Å². The predicted octanol–water partition coefficient (Wildman–Crippen LogP) is -2.83. The third-order valence-electron chi connectivity index (χ3n) is 0.852. The zero-order valence-corrected chi connectivity index (χ0v) is 8.94. The normalized spacial score (nSPS) is 9.73. The van der Waals surface area contributed by atoms with Gasteiger partial charge in [-0.3, -0.25) is 0 Å². The second-order valence-electron chi connectivity index (χ2n) is 1.55. The molecule has 0 saturated heterocycles. The van der Waals surface area contributed by atoms with Crippen molar-refractivity contribution in [1.29, 1.82) is 0 Å². The molecule has 4 nitrogen and oxygen atoms in total. The topological polar surface area (TPSA) is 50.4 Å². The maximum atomic E-state index is 10.1. The quantitative estimate of drug-likeness (QED) is 0.305. The number of hydrogen-bond acceptors (Lipinski definition) is 2. The molecule has 54 valence electrons. The number of pyridine rings is 1. The number of nitrogens with zero attached hydrogens (tertiary/aromatic N) is 1. The summed E-state index contributed by atoms with van der Waals surface area (Å²) in [5, 5.41) is 0. The molecule has 6 heteroatoms. The fraction of sp³-hybridized carbons (Fsp3) is 0. The molecule has 0 aliphatic carbocycles. The molecule has 0 bridgehead atoms. The minimum Gasteiger partial charge on any atom is -1.00 e. The van der Waals surface area contributed by atoms with E-state index >= 15 is 0 Å². The molecule has 1 N–H and O–H groups in total. The molecule has 0 amide bonds. The van der Waals surface area contributed by atoms with Gasteiger partial charge in [-0.2, -0.15) is 0 Å². The van der Waals surface area contributed by atoms with Crippen molar-refractivity contribution in [3.8, 4) is 0 Å². The molecule has 11 heavy (non-hydrogen) atoms. The van der Waals surface area contributed by atoms with E-state index in [4.69, 9.17) is 4.89 Å². The van der Waals surface area contributed by atoms with Gasteiger partial charge in [-0.15, -0.1) is 4.89 Å². The van der Waals surface area contributed by atoms with Gasteiger partial charge >= 0.3 is 37.8 Å². The van der Waals surface area contributed by atoms with E-state index in [0.29, 0.717) is 0 Å². The van der Waals surface area contributed by atoms with Crippen molar-refractivity contribution in [2.75, 3.05) is 0 Å². The van der Waals surface area contributed by atoms with E-state index in [2.05, 4.69) is 4.62 Å². The van der Waals surface area contributed by atoms with Gasteiger partial charge in [0.25, 0.3) is 0 Å². The second-order valence-corrected chi connectivity index (χ2v) is 2.19. The molecule has 1 atom stereocenters. The van der Waals surface area contributed by atoms with Crippen LogP contribution in [-0.2, 0) is 4.57 Å². The Labute approximate surface area is 88.5 Å². The first kappa shape index (κ1) is 11.0. The van der Waals surface area contributed by atoms with Crippen LogP contribution in [0.1, 0.15) is 1.43 Å². The molecular formula is C5H7NNaO3P+2. The van der Waals surface area contributed by atoms with Crippen molar-refractivity contribution in [2.45, 2.75) is 0 Å². The van der Waals surface area contributed by atoms with Crippen LogP contribution >= 0.6 is 8.25 Å². The molecule has 1 aromatic heterocycles. The van der Waals surface area contributed by atoms with E-state index in [0.717, 1.165) is 0 Å². The van der Waals surface area contributed by atoms with Crippen molar-refractivity contribution in [1.82, 2.24) is 0 Å². The first-order chi connectivity index (χ1) is 4.79. The van der Waals surface area contributed by atoms with Gasteiger partial charge < -0.3 is 1.43 Å². The zero-order valence-electron chi connectivity index (χ0n) is 7.04. The fourth-order valence-electron chi connectivity index (χ4n) is 0.518. The van der Waals surface area contributed by atoms with Crippen molar-refractivity contribution < 1.29 is 49.8 Å². The summed E-state index contributed by atoms with van der Waals surface area (Å²) in [5.74, 6) is 0. The van der Waals surface area contributed by atoms with Gasteiger partial charge in [0.1, 0.15) is 0 Å². The largest absolute Gasteiger partial charge is 1.00 e. The predicted molar refractivity (Wildman–Crippen MR) is 34.2 cm³/mol. The maximum absolute atomic E-state index is 10.1. The molecule has 0 fully saturated rings. The van der Waals surface area contributed by atoms with E-state index in [9.17, 15) is 4.57 Å². The number of aromatic nitrogens is 1. The molecule has 1 aromatic rings. The second kappa shape index (κ2) is 5.63. The van der Waals surface area contributed by atoms with Crippen molar-refractivity contribution in [3.63, 3.8) is 0 Å². The van der Waals surface area contributed by atoms with E-state index in [1.807, 2.05) is 0 Å². The van der Waals surface area contributed by atoms with Crippen LogP contribution in [0.3, 0.4) is 0 Å². The molecule has 0 aliphatic heterocycles. The third kappa shape index (κ3) is 4.45. The molecule has 0 spiro atoms. The minimum absolute atomic E-state index is 0. The molecule has 0 aromatic carbocycles. The van der Waals surface area contributed by atoms with Gasteiger partial charge in [0.2, 0.25) is 12.4 Å². The minimum atomic E-state index is -2.56. The average molecular weight is 183 g/mol. The maximum Gasteiger partial charge on any atom is 1.00 e. The Morgan fingerprint density at radius 1 is 1.36 bits per heavy atom. The smallest absolute Gasteiger partial charge is 1.00 e. The van der Waals surface area contributed by atoms with Gasteiger partial charge in [0.15, 0.2) is 0 Å². The summed E-state index contributed by atoms with van der Waals surface area (Å²) in [7, 11) is -2.56. The molecule has 0 saturated carbocycles. The summed E-state index contributed by atoms with van der Waals surface area (Å²) in [6, 6.07) is 5.17. The SMILES string of the molecule is O=[P+](O)O[n+]1ccccc1.[H-].[Na+]. The molecule has 0 radical (unpaired) electrons. The van der Waals surface area contributed by atoms with Crippen LogP contribution in [0.4, 0.5) is 0 Å². The van der Waals surface area contributed by atoms with Crippen LogP contribution in [0.25, 0.3) is 0 Å². The first-order valence-electron chi connectivity index (χ1n) is 2.60. The molecule has 0 aliphatic rings. The molecule has 1 unspecified atom stereocenters. The molecule has 1 rings (SSSR count). The van der Waals surface area contributed by atoms with Gasteiger partial charge in [-0.1, -0.05) is 6.07 Å². The van der Waals surface area contributed by atoms with E-state index in [1.165, 1.54) is 17.1 Å². The Kier molecular flexibility index (Phi) is 5.64. The van der Waals surface area contributed by atoms with E-state index in [1.54, 1.807) is 18.2 Å². The van der Waals surface area contributed by atoms with Crippen molar-refractivity contribution in [3.05, 3.63) is 30.6 Å². The molecular weight excluding hydrogens is 176 g/mol.